The second kappa shape index (κ2) is 45.0. The Hall–Kier alpha value is -3.67. The van der Waals surface area contributed by atoms with Gasteiger partial charge in [0.2, 0.25) is 0 Å². The number of rotatable bonds is 39. The highest BCUT2D eigenvalue weighted by molar-refractivity contribution is 5.71. The molecule has 0 N–H and O–H groups in total. The van der Waals surface area contributed by atoms with E-state index in [2.05, 4.69) is 45.1 Å². The van der Waals surface area contributed by atoms with E-state index < -0.39 is 6.10 Å². The molecule has 0 saturated carbocycles. The fourth-order valence-corrected chi connectivity index (χ4v) is 5.87. The van der Waals surface area contributed by atoms with Crippen molar-refractivity contribution in [2.24, 2.45) is 0 Å². The summed E-state index contributed by atoms with van der Waals surface area (Å²) in [6.45, 7) is 6.26. The van der Waals surface area contributed by atoms with Crippen molar-refractivity contribution >= 4 is 17.9 Å². The number of ether oxygens (including phenoxy) is 3. The standard InChI is InChI=1S/C51H82O6/c1-4-7-10-13-16-19-22-25-28-31-34-37-40-43-49(52)55-46-48(57-51(54)45-42-39-36-33-30-27-24-21-18-15-12-9-6-3)47-56-50(53)44-41-38-35-32-29-26-23-20-17-14-11-8-5-2/h7,9-10,12-13,15-16,18-19,21-22,24-25,27-28,30,48H,4-6,8,11,14,17,20,23,26,29,31-47H2,1-3H3/b10-7-,12-9-,16-13-,18-15-,22-19-,24-21-,28-25-,30-27-. The summed E-state index contributed by atoms with van der Waals surface area (Å²) in [4.78, 5) is 37.8. The van der Waals surface area contributed by atoms with Crippen LogP contribution in [-0.4, -0.2) is 37.2 Å². The van der Waals surface area contributed by atoms with Crippen molar-refractivity contribution in [2.45, 2.75) is 194 Å². The molecular formula is C51H82O6. The maximum Gasteiger partial charge on any atom is 0.306 e. The van der Waals surface area contributed by atoms with Gasteiger partial charge < -0.3 is 14.2 Å². The van der Waals surface area contributed by atoms with E-state index in [1.54, 1.807) is 0 Å². The summed E-state index contributed by atoms with van der Waals surface area (Å²) >= 11 is 0. The van der Waals surface area contributed by atoms with E-state index in [9.17, 15) is 14.4 Å². The first-order chi connectivity index (χ1) is 28.0. The Morgan fingerprint density at radius 1 is 0.368 bits per heavy atom. The van der Waals surface area contributed by atoms with Crippen LogP contribution >= 0.6 is 0 Å². The highest BCUT2D eigenvalue weighted by Crippen LogP contribution is 2.14. The lowest BCUT2D eigenvalue weighted by atomic mass is 10.0. The molecule has 57 heavy (non-hydrogen) atoms. The van der Waals surface area contributed by atoms with Gasteiger partial charge in [0.05, 0.1) is 0 Å². The number of hydrogen-bond donors (Lipinski definition) is 0. The summed E-state index contributed by atoms with van der Waals surface area (Å²) in [6.07, 6.45) is 58.2. The third-order valence-electron chi connectivity index (χ3n) is 9.27. The van der Waals surface area contributed by atoms with Gasteiger partial charge >= 0.3 is 17.9 Å². The number of allylic oxidation sites excluding steroid dienone is 16. The molecule has 0 aliphatic carbocycles. The maximum atomic E-state index is 12.7. The molecule has 0 rings (SSSR count). The summed E-state index contributed by atoms with van der Waals surface area (Å²) in [7, 11) is 0. The Labute approximate surface area is 349 Å². The SMILES string of the molecule is CC\C=C/C=C\C=C/C=C\CCCCCC(=O)OCC(COC(=O)CCCCCCCCCCCCCCC)OC(=O)CCCCC\C=C/C=C\C=C/C=C\CC. The zero-order valence-electron chi connectivity index (χ0n) is 36.6. The highest BCUT2D eigenvalue weighted by atomic mass is 16.6. The first kappa shape index (κ1) is 53.3. The Morgan fingerprint density at radius 3 is 1.07 bits per heavy atom. The molecule has 0 aromatic carbocycles. The molecule has 0 amide bonds. The average molecular weight is 791 g/mol. The lowest BCUT2D eigenvalue weighted by Gasteiger charge is -2.18. The zero-order valence-corrected chi connectivity index (χ0v) is 36.6. The third-order valence-corrected chi connectivity index (χ3v) is 9.27. The second-order valence-corrected chi connectivity index (χ2v) is 14.7. The summed E-state index contributed by atoms with van der Waals surface area (Å²) in [5.41, 5.74) is 0. The first-order valence-electron chi connectivity index (χ1n) is 22.8. The van der Waals surface area contributed by atoms with Crippen LogP contribution in [0.2, 0.25) is 0 Å². The Balaban J connectivity index is 4.53. The monoisotopic (exact) mass is 791 g/mol. The van der Waals surface area contributed by atoms with E-state index in [0.717, 1.165) is 77.0 Å². The fourth-order valence-electron chi connectivity index (χ4n) is 5.87. The number of carbonyl (C=O) groups excluding carboxylic acids is 3. The molecule has 0 saturated heterocycles. The van der Waals surface area contributed by atoms with Crippen molar-refractivity contribution in [3.63, 3.8) is 0 Å². The molecule has 0 spiro atoms. The molecule has 322 valence electrons. The average Bonchev–Trinajstić information content (AvgIpc) is 3.21. The molecule has 0 aliphatic rings. The molecule has 1 atom stereocenters. The van der Waals surface area contributed by atoms with Crippen molar-refractivity contribution in [1.29, 1.82) is 0 Å². The zero-order chi connectivity index (χ0) is 41.5. The van der Waals surface area contributed by atoms with Gasteiger partial charge in [-0.25, -0.2) is 0 Å². The molecule has 0 aliphatic heterocycles. The van der Waals surface area contributed by atoms with Crippen LogP contribution in [0.5, 0.6) is 0 Å². The summed E-state index contributed by atoms with van der Waals surface area (Å²) in [6, 6.07) is 0. The highest BCUT2D eigenvalue weighted by Gasteiger charge is 2.19. The molecule has 0 radical (unpaired) electrons. The maximum absolute atomic E-state index is 12.7. The van der Waals surface area contributed by atoms with Crippen molar-refractivity contribution in [3.8, 4) is 0 Å². The second-order valence-electron chi connectivity index (χ2n) is 14.7. The van der Waals surface area contributed by atoms with Gasteiger partial charge in [0, 0.05) is 19.3 Å². The summed E-state index contributed by atoms with van der Waals surface area (Å²) in [5.74, 6) is -0.995. The molecule has 6 heteroatoms. The van der Waals surface area contributed by atoms with E-state index in [4.69, 9.17) is 14.2 Å². The van der Waals surface area contributed by atoms with Gasteiger partial charge in [0.15, 0.2) is 6.10 Å². The van der Waals surface area contributed by atoms with Crippen molar-refractivity contribution in [2.75, 3.05) is 13.2 Å². The summed E-state index contributed by atoms with van der Waals surface area (Å²) in [5, 5.41) is 0. The van der Waals surface area contributed by atoms with Gasteiger partial charge in [-0.1, -0.05) is 208 Å². The van der Waals surface area contributed by atoms with Crippen molar-refractivity contribution in [1.82, 2.24) is 0 Å². The Morgan fingerprint density at radius 2 is 0.684 bits per heavy atom. The smallest absolute Gasteiger partial charge is 0.306 e. The fraction of sp³-hybridized carbons (Fsp3) is 0.627. The van der Waals surface area contributed by atoms with Crippen LogP contribution in [-0.2, 0) is 28.6 Å². The number of unbranched alkanes of at least 4 members (excludes halogenated alkanes) is 18. The van der Waals surface area contributed by atoms with E-state index in [1.165, 1.54) is 64.2 Å². The third kappa shape index (κ3) is 43.3. The normalized spacial score (nSPS) is 13.0. The van der Waals surface area contributed by atoms with Gasteiger partial charge in [0.1, 0.15) is 13.2 Å². The molecule has 0 heterocycles. The molecule has 0 fully saturated rings. The first-order valence-corrected chi connectivity index (χ1v) is 22.8. The van der Waals surface area contributed by atoms with E-state index in [0.29, 0.717) is 19.3 Å². The van der Waals surface area contributed by atoms with E-state index in [-0.39, 0.29) is 37.5 Å². The largest absolute Gasteiger partial charge is 0.462 e. The summed E-state index contributed by atoms with van der Waals surface area (Å²) < 4.78 is 16.6. The molecule has 1 unspecified atom stereocenters. The Bertz CT molecular complexity index is 1180. The minimum Gasteiger partial charge on any atom is -0.462 e. The van der Waals surface area contributed by atoms with Crippen LogP contribution < -0.4 is 0 Å². The van der Waals surface area contributed by atoms with Gasteiger partial charge in [-0.05, 0) is 57.8 Å². The molecule has 0 aromatic heterocycles. The van der Waals surface area contributed by atoms with Gasteiger partial charge in [-0.2, -0.15) is 0 Å². The van der Waals surface area contributed by atoms with Gasteiger partial charge in [-0.3, -0.25) is 14.4 Å². The predicted molar refractivity (Wildman–Crippen MR) is 242 cm³/mol. The van der Waals surface area contributed by atoms with Gasteiger partial charge in [-0.15, -0.1) is 0 Å². The topological polar surface area (TPSA) is 78.9 Å². The lowest BCUT2D eigenvalue weighted by Crippen LogP contribution is -2.30. The number of hydrogen-bond acceptors (Lipinski definition) is 6. The molecule has 0 bridgehead atoms. The van der Waals surface area contributed by atoms with Crippen LogP contribution in [0.15, 0.2) is 97.2 Å². The van der Waals surface area contributed by atoms with Crippen molar-refractivity contribution in [3.05, 3.63) is 97.2 Å². The molecule has 0 aromatic rings. The Kier molecular flexibility index (Phi) is 42.1. The van der Waals surface area contributed by atoms with Crippen LogP contribution in [0.4, 0.5) is 0 Å². The van der Waals surface area contributed by atoms with E-state index >= 15 is 0 Å². The van der Waals surface area contributed by atoms with Gasteiger partial charge in [0.25, 0.3) is 0 Å². The minimum atomic E-state index is -0.811. The lowest BCUT2D eigenvalue weighted by molar-refractivity contribution is -0.167. The number of esters is 3. The van der Waals surface area contributed by atoms with Crippen LogP contribution in [0.3, 0.4) is 0 Å². The molecule has 6 nitrogen and oxygen atoms in total. The minimum absolute atomic E-state index is 0.106. The quantitative estimate of drug-likeness (QED) is 0.0267. The van der Waals surface area contributed by atoms with E-state index in [1.807, 2.05) is 72.9 Å². The van der Waals surface area contributed by atoms with Crippen LogP contribution in [0.25, 0.3) is 0 Å². The predicted octanol–water partition coefficient (Wildman–Crippen LogP) is 14.6. The van der Waals surface area contributed by atoms with Crippen LogP contribution in [0, 0.1) is 0 Å². The number of carbonyl (C=O) groups is 3. The molecular weight excluding hydrogens is 709 g/mol. The van der Waals surface area contributed by atoms with Crippen LogP contribution in [0.1, 0.15) is 188 Å². The van der Waals surface area contributed by atoms with Crippen molar-refractivity contribution < 1.29 is 28.6 Å².